The molecular formula is C62H117NO5. The van der Waals surface area contributed by atoms with Crippen LogP contribution in [0.2, 0.25) is 0 Å². The van der Waals surface area contributed by atoms with Crippen molar-refractivity contribution < 1.29 is 24.5 Å². The van der Waals surface area contributed by atoms with Gasteiger partial charge in [-0.2, -0.15) is 0 Å². The Bertz CT molecular complexity index is 1100. The molecule has 6 nitrogen and oxygen atoms in total. The van der Waals surface area contributed by atoms with E-state index in [4.69, 9.17) is 4.74 Å². The molecule has 2 unspecified atom stereocenters. The molecule has 0 saturated heterocycles. The van der Waals surface area contributed by atoms with Gasteiger partial charge in [-0.15, -0.1) is 0 Å². The molecule has 0 heterocycles. The van der Waals surface area contributed by atoms with Gasteiger partial charge in [0.05, 0.1) is 25.4 Å². The Morgan fingerprint density at radius 1 is 0.412 bits per heavy atom. The first-order valence-corrected chi connectivity index (χ1v) is 30.2. The summed E-state index contributed by atoms with van der Waals surface area (Å²) in [7, 11) is 0. The van der Waals surface area contributed by atoms with E-state index in [0.717, 1.165) is 51.4 Å². The molecule has 0 aromatic carbocycles. The molecule has 68 heavy (non-hydrogen) atoms. The number of amides is 1. The van der Waals surface area contributed by atoms with Crippen LogP contribution in [0.4, 0.5) is 0 Å². The summed E-state index contributed by atoms with van der Waals surface area (Å²) in [5.74, 6) is -0.0830. The molecule has 0 aliphatic heterocycles. The summed E-state index contributed by atoms with van der Waals surface area (Å²) >= 11 is 0. The molecule has 1 amide bonds. The second-order valence-electron chi connectivity index (χ2n) is 20.7. The number of unbranched alkanes of at least 4 members (excludes halogenated alkanes) is 39. The molecule has 3 N–H and O–H groups in total. The third kappa shape index (κ3) is 53.4. The molecule has 6 heteroatoms. The largest absolute Gasteiger partial charge is 0.465 e. The molecule has 0 rings (SSSR count). The second-order valence-corrected chi connectivity index (χ2v) is 20.7. The minimum Gasteiger partial charge on any atom is -0.465 e. The number of esters is 1. The smallest absolute Gasteiger partial charge is 0.305 e. The van der Waals surface area contributed by atoms with Crippen molar-refractivity contribution in [3.8, 4) is 0 Å². The molecule has 0 aliphatic carbocycles. The van der Waals surface area contributed by atoms with Crippen molar-refractivity contribution >= 4 is 11.9 Å². The first-order chi connectivity index (χ1) is 33.5. The zero-order chi connectivity index (χ0) is 49.3. The zero-order valence-electron chi connectivity index (χ0n) is 45.6. The van der Waals surface area contributed by atoms with Crippen LogP contribution in [0, 0.1) is 0 Å². The highest BCUT2D eigenvalue weighted by atomic mass is 16.5. The first kappa shape index (κ1) is 66.1. The molecule has 2 atom stereocenters. The van der Waals surface area contributed by atoms with Crippen LogP contribution < -0.4 is 5.32 Å². The van der Waals surface area contributed by atoms with Gasteiger partial charge in [0, 0.05) is 12.8 Å². The molecular weight excluding hydrogens is 839 g/mol. The number of carbonyl (C=O) groups is 2. The van der Waals surface area contributed by atoms with Crippen molar-refractivity contribution in [2.75, 3.05) is 13.2 Å². The van der Waals surface area contributed by atoms with Gasteiger partial charge in [0.15, 0.2) is 0 Å². The van der Waals surface area contributed by atoms with Gasteiger partial charge in [-0.05, 0) is 70.6 Å². The standard InChI is InChI=1S/C62H117NO5/c1-3-5-7-9-11-13-15-17-18-19-25-28-31-34-38-42-46-50-54-60(65)59(58-64)63-61(66)55-51-47-43-39-35-32-29-26-23-21-20-22-24-27-30-33-37-41-45-49-53-57-68-62(67)56-52-48-44-40-36-16-14-12-10-8-6-4-2/h12,14,33,37,45,49,59-60,64-65H,3-11,13,15-32,34-36,38-44,46-48,50-58H2,1-2H3,(H,63,66)/b14-12-,37-33-,49-45-. The Morgan fingerprint density at radius 2 is 0.735 bits per heavy atom. The molecule has 400 valence electrons. The molecule has 0 bridgehead atoms. The van der Waals surface area contributed by atoms with Crippen LogP contribution in [0.25, 0.3) is 0 Å². The average molecular weight is 957 g/mol. The van der Waals surface area contributed by atoms with E-state index < -0.39 is 12.1 Å². The maximum absolute atomic E-state index is 12.5. The van der Waals surface area contributed by atoms with Crippen LogP contribution in [-0.4, -0.2) is 47.4 Å². The van der Waals surface area contributed by atoms with E-state index in [9.17, 15) is 19.8 Å². The van der Waals surface area contributed by atoms with Gasteiger partial charge in [0.1, 0.15) is 0 Å². The Kier molecular flexibility index (Phi) is 56.0. The minimum absolute atomic E-state index is 0.0378. The zero-order valence-corrected chi connectivity index (χ0v) is 45.6. The number of hydrogen-bond donors (Lipinski definition) is 3. The van der Waals surface area contributed by atoms with E-state index in [1.165, 1.54) is 238 Å². The van der Waals surface area contributed by atoms with Gasteiger partial charge in [-0.3, -0.25) is 9.59 Å². The van der Waals surface area contributed by atoms with Crippen molar-refractivity contribution in [2.45, 2.75) is 334 Å². The summed E-state index contributed by atoms with van der Waals surface area (Å²) in [6, 6.07) is -0.546. The third-order valence-corrected chi connectivity index (χ3v) is 13.9. The number of rotatable bonds is 56. The Balaban J connectivity index is 3.46. The lowest BCUT2D eigenvalue weighted by molar-refractivity contribution is -0.143. The number of allylic oxidation sites excluding steroid dienone is 5. The maximum atomic E-state index is 12.5. The second kappa shape index (κ2) is 57.7. The monoisotopic (exact) mass is 956 g/mol. The van der Waals surface area contributed by atoms with E-state index >= 15 is 0 Å². The Morgan fingerprint density at radius 3 is 1.16 bits per heavy atom. The van der Waals surface area contributed by atoms with E-state index in [1.54, 1.807) is 0 Å². The lowest BCUT2D eigenvalue weighted by atomic mass is 10.0. The van der Waals surface area contributed by atoms with Crippen molar-refractivity contribution in [3.63, 3.8) is 0 Å². The number of ether oxygens (including phenoxy) is 1. The van der Waals surface area contributed by atoms with Gasteiger partial charge in [0.25, 0.3) is 0 Å². The first-order valence-electron chi connectivity index (χ1n) is 30.2. The van der Waals surface area contributed by atoms with Crippen LogP contribution in [-0.2, 0) is 14.3 Å². The lowest BCUT2D eigenvalue weighted by Crippen LogP contribution is -2.45. The number of carbonyl (C=O) groups excluding carboxylic acids is 2. The highest BCUT2D eigenvalue weighted by molar-refractivity contribution is 5.76. The van der Waals surface area contributed by atoms with Crippen molar-refractivity contribution in [1.82, 2.24) is 5.32 Å². The fourth-order valence-corrected chi connectivity index (χ4v) is 9.30. The van der Waals surface area contributed by atoms with Gasteiger partial charge in [-0.1, -0.05) is 275 Å². The van der Waals surface area contributed by atoms with Crippen molar-refractivity contribution in [1.29, 1.82) is 0 Å². The highest BCUT2D eigenvalue weighted by Gasteiger charge is 2.20. The summed E-state index contributed by atoms with van der Waals surface area (Å²) in [6.07, 6.45) is 71.6. The molecule has 0 radical (unpaired) electrons. The van der Waals surface area contributed by atoms with E-state index in [-0.39, 0.29) is 18.5 Å². The predicted octanol–water partition coefficient (Wildman–Crippen LogP) is 18.8. The summed E-state index contributed by atoms with van der Waals surface area (Å²) in [4.78, 5) is 24.5. The highest BCUT2D eigenvalue weighted by Crippen LogP contribution is 2.17. The van der Waals surface area contributed by atoms with Crippen LogP contribution in [0.1, 0.15) is 322 Å². The normalized spacial score (nSPS) is 12.8. The number of aliphatic hydroxyl groups is 2. The van der Waals surface area contributed by atoms with Crippen molar-refractivity contribution in [2.24, 2.45) is 0 Å². The molecule has 0 aliphatic rings. The molecule has 0 spiro atoms. The van der Waals surface area contributed by atoms with Crippen LogP contribution in [0.5, 0.6) is 0 Å². The van der Waals surface area contributed by atoms with Gasteiger partial charge >= 0.3 is 5.97 Å². The maximum Gasteiger partial charge on any atom is 0.305 e. The summed E-state index contributed by atoms with van der Waals surface area (Å²) in [5.41, 5.74) is 0. The summed E-state index contributed by atoms with van der Waals surface area (Å²) < 4.78 is 5.40. The van der Waals surface area contributed by atoms with Crippen LogP contribution >= 0.6 is 0 Å². The predicted molar refractivity (Wildman–Crippen MR) is 296 cm³/mol. The van der Waals surface area contributed by atoms with Gasteiger partial charge in [-0.25, -0.2) is 0 Å². The quantitative estimate of drug-likeness (QED) is 0.0321. The summed E-state index contributed by atoms with van der Waals surface area (Å²) in [6.45, 7) is 4.83. The Hall–Kier alpha value is -1.92. The molecule has 0 aromatic heterocycles. The number of hydrogen-bond acceptors (Lipinski definition) is 5. The topological polar surface area (TPSA) is 95.9 Å². The fourth-order valence-electron chi connectivity index (χ4n) is 9.30. The third-order valence-electron chi connectivity index (χ3n) is 13.9. The lowest BCUT2D eigenvalue weighted by Gasteiger charge is -2.22. The van der Waals surface area contributed by atoms with E-state index in [2.05, 4.69) is 55.6 Å². The molecule has 0 fully saturated rings. The van der Waals surface area contributed by atoms with Gasteiger partial charge < -0.3 is 20.3 Å². The number of nitrogens with one attached hydrogen (secondary N) is 1. The van der Waals surface area contributed by atoms with Crippen molar-refractivity contribution in [3.05, 3.63) is 36.5 Å². The van der Waals surface area contributed by atoms with Gasteiger partial charge in [0.2, 0.25) is 5.91 Å². The molecule has 0 aromatic rings. The van der Waals surface area contributed by atoms with E-state index in [0.29, 0.717) is 25.9 Å². The van der Waals surface area contributed by atoms with Crippen LogP contribution in [0.3, 0.4) is 0 Å². The molecule has 0 saturated carbocycles. The van der Waals surface area contributed by atoms with Crippen LogP contribution in [0.15, 0.2) is 36.5 Å². The Labute approximate surface area is 424 Å². The SMILES string of the molecule is CCCCC/C=C\CCCCCCCC(=O)OCC/C=C\C/C=C\CCCCCCCCCCCCCCCCC(=O)NC(CO)C(O)CCCCCCCCCCCCCCCCCCCC. The average Bonchev–Trinajstić information content (AvgIpc) is 3.34. The van der Waals surface area contributed by atoms with E-state index in [1.807, 2.05) is 0 Å². The minimum atomic E-state index is -0.668. The fraction of sp³-hybridized carbons (Fsp3) is 0.871. The number of aliphatic hydroxyl groups excluding tert-OH is 2. The summed E-state index contributed by atoms with van der Waals surface area (Å²) in [5, 5.41) is 23.3.